The standard InChI is InChI=1S/C15H21BrN2O3/c1-9-7-18(8-10(2)17-9)15(19)11-5-12(20-3)14(16)13(6-11)21-4/h5-6,9-10,17H,7-8H2,1-4H3/t9-,10-/m0/s1. The lowest BCUT2D eigenvalue weighted by atomic mass is 10.1. The Morgan fingerprint density at radius 1 is 1.19 bits per heavy atom. The summed E-state index contributed by atoms with van der Waals surface area (Å²) < 4.78 is 11.3. The molecule has 1 aromatic carbocycles. The molecule has 0 unspecified atom stereocenters. The van der Waals surface area contributed by atoms with Crippen molar-refractivity contribution in [2.45, 2.75) is 25.9 Å². The quantitative estimate of drug-likeness (QED) is 0.902. The Morgan fingerprint density at radius 3 is 2.10 bits per heavy atom. The molecule has 1 aliphatic heterocycles. The molecule has 0 aromatic heterocycles. The third-order valence-electron chi connectivity index (χ3n) is 3.54. The van der Waals surface area contributed by atoms with Gasteiger partial charge in [0.1, 0.15) is 16.0 Å². The minimum absolute atomic E-state index is 0.000648. The second kappa shape index (κ2) is 6.66. The van der Waals surface area contributed by atoms with Gasteiger partial charge in [0.15, 0.2) is 0 Å². The van der Waals surface area contributed by atoms with Gasteiger partial charge in [-0.15, -0.1) is 0 Å². The van der Waals surface area contributed by atoms with Crippen molar-refractivity contribution in [2.24, 2.45) is 0 Å². The fourth-order valence-electron chi connectivity index (χ4n) is 2.67. The summed E-state index contributed by atoms with van der Waals surface area (Å²) in [6, 6.07) is 4.06. The number of hydrogen-bond acceptors (Lipinski definition) is 4. The molecular weight excluding hydrogens is 336 g/mol. The normalized spacial score (nSPS) is 22.0. The second-order valence-electron chi connectivity index (χ2n) is 5.37. The number of piperazine rings is 1. The van der Waals surface area contributed by atoms with Crippen molar-refractivity contribution in [2.75, 3.05) is 27.3 Å². The molecule has 21 heavy (non-hydrogen) atoms. The molecule has 2 atom stereocenters. The molecule has 1 N–H and O–H groups in total. The number of benzene rings is 1. The van der Waals surface area contributed by atoms with Crippen LogP contribution in [0.5, 0.6) is 11.5 Å². The highest BCUT2D eigenvalue weighted by atomic mass is 79.9. The molecule has 6 heteroatoms. The topological polar surface area (TPSA) is 50.8 Å². The highest BCUT2D eigenvalue weighted by molar-refractivity contribution is 9.10. The van der Waals surface area contributed by atoms with Crippen molar-refractivity contribution in [3.63, 3.8) is 0 Å². The maximum atomic E-state index is 12.7. The van der Waals surface area contributed by atoms with E-state index in [9.17, 15) is 4.79 Å². The van der Waals surface area contributed by atoms with Gasteiger partial charge in [-0.1, -0.05) is 0 Å². The first-order chi connectivity index (χ1) is 9.96. The molecule has 2 rings (SSSR count). The average molecular weight is 357 g/mol. The van der Waals surface area contributed by atoms with Crippen molar-refractivity contribution in [3.05, 3.63) is 22.2 Å². The highest BCUT2D eigenvalue weighted by Gasteiger charge is 2.26. The summed E-state index contributed by atoms with van der Waals surface area (Å²) in [6.07, 6.45) is 0. The van der Waals surface area contributed by atoms with Crippen LogP contribution in [0, 0.1) is 0 Å². The van der Waals surface area contributed by atoms with Gasteiger partial charge in [-0.2, -0.15) is 0 Å². The minimum atomic E-state index is -0.000648. The molecule has 0 aliphatic carbocycles. The van der Waals surface area contributed by atoms with Crippen LogP contribution < -0.4 is 14.8 Å². The lowest BCUT2D eigenvalue weighted by Gasteiger charge is -2.36. The maximum absolute atomic E-state index is 12.7. The summed E-state index contributed by atoms with van der Waals surface area (Å²) in [7, 11) is 3.14. The van der Waals surface area contributed by atoms with Crippen LogP contribution in [-0.2, 0) is 0 Å². The number of nitrogens with zero attached hydrogens (tertiary/aromatic N) is 1. The number of rotatable bonds is 3. The summed E-state index contributed by atoms with van der Waals surface area (Å²) in [5.41, 5.74) is 0.577. The van der Waals surface area contributed by atoms with E-state index < -0.39 is 0 Å². The molecule has 116 valence electrons. The fourth-order valence-corrected chi connectivity index (χ4v) is 3.22. The zero-order valence-corrected chi connectivity index (χ0v) is 14.4. The first-order valence-electron chi connectivity index (χ1n) is 6.93. The van der Waals surface area contributed by atoms with E-state index in [2.05, 4.69) is 35.1 Å². The number of nitrogens with one attached hydrogen (secondary N) is 1. The average Bonchev–Trinajstić information content (AvgIpc) is 2.45. The zero-order chi connectivity index (χ0) is 15.6. The molecule has 1 amide bonds. The largest absolute Gasteiger partial charge is 0.495 e. The van der Waals surface area contributed by atoms with Crippen molar-refractivity contribution in [3.8, 4) is 11.5 Å². The van der Waals surface area contributed by atoms with Gasteiger partial charge in [0, 0.05) is 30.7 Å². The molecule has 0 bridgehead atoms. The molecule has 1 saturated heterocycles. The van der Waals surface area contributed by atoms with E-state index in [1.165, 1.54) is 0 Å². The number of halogens is 1. The number of methoxy groups -OCH3 is 2. The predicted octanol–water partition coefficient (Wildman–Crippen LogP) is 2.29. The fraction of sp³-hybridized carbons (Fsp3) is 0.533. The van der Waals surface area contributed by atoms with Crippen LogP contribution in [0.3, 0.4) is 0 Å². The molecule has 0 radical (unpaired) electrons. The van der Waals surface area contributed by atoms with Crippen molar-refractivity contribution in [1.29, 1.82) is 0 Å². The number of carbonyl (C=O) groups is 1. The molecule has 1 aromatic rings. The van der Waals surface area contributed by atoms with E-state index in [0.717, 1.165) is 0 Å². The number of carbonyl (C=O) groups excluding carboxylic acids is 1. The van der Waals surface area contributed by atoms with E-state index >= 15 is 0 Å². The summed E-state index contributed by atoms with van der Waals surface area (Å²) in [6.45, 7) is 5.56. The number of ether oxygens (including phenoxy) is 2. The monoisotopic (exact) mass is 356 g/mol. The summed E-state index contributed by atoms with van der Waals surface area (Å²) in [5.74, 6) is 1.18. The van der Waals surface area contributed by atoms with Gasteiger partial charge < -0.3 is 19.7 Å². The Morgan fingerprint density at radius 2 is 1.67 bits per heavy atom. The molecule has 0 spiro atoms. The lowest BCUT2D eigenvalue weighted by molar-refractivity contribution is 0.0673. The van der Waals surface area contributed by atoms with Gasteiger partial charge in [0.25, 0.3) is 5.91 Å². The molecule has 5 nitrogen and oxygen atoms in total. The Balaban J connectivity index is 2.30. The molecular formula is C15H21BrN2O3. The van der Waals surface area contributed by atoms with E-state index in [4.69, 9.17) is 9.47 Å². The van der Waals surface area contributed by atoms with E-state index in [-0.39, 0.29) is 18.0 Å². The van der Waals surface area contributed by atoms with Crippen LogP contribution in [-0.4, -0.2) is 50.2 Å². The van der Waals surface area contributed by atoms with Gasteiger partial charge in [-0.05, 0) is 41.9 Å². The van der Waals surface area contributed by atoms with Crippen molar-refractivity contribution < 1.29 is 14.3 Å². The van der Waals surface area contributed by atoms with Gasteiger partial charge in [-0.3, -0.25) is 4.79 Å². The van der Waals surface area contributed by atoms with Crippen LogP contribution in [0.2, 0.25) is 0 Å². The van der Waals surface area contributed by atoms with Crippen LogP contribution in [0.4, 0.5) is 0 Å². The maximum Gasteiger partial charge on any atom is 0.254 e. The molecule has 1 fully saturated rings. The Hall–Kier alpha value is -1.27. The first-order valence-corrected chi connectivity index (χ1v) is 7.72. The highest BCUT2D eigenvalue weighted by Crippen LogP contribution is 2.36. The molecule has 1 aliphatic rings. The van der Waals surface area contributed by atoms with Crippen LogP contribution in [0.25, 0.3) is 0 Å². The smallest absolute Gasteiger partial charge is 0.254 e. The van der Waals surface area contributed by atoms with Crippen LogP contribution in [0.1, 0.15) is 24.2 Å². The summed E-state index contributed by atoms with van der Waals surface area (Å²) in [4.78, 5) is 14.6. The first kappa shape index (κ1) is 16.1. The van der Waals surface area contributed by atoms with Gasteiger partial charge in [0.05, 0.1) is 14.2 Å². The molecule has 1 heterocycles. The zero-order valence-electron chi connectivity index (χ0n) is 12.8. The Labute approximate surface area is 133 Å². The van der Waals surface area contributed by atoms with E-state index in [1.807, 2.05) is 4.90 Å². The minimum Gasteiger partial charge on any atom is -0.495 e. The van der Waals surface area contributed by atoms with Gasteiger partial charge in [-0.25, -0.2) is 0 Å². The number of hydrogen-bond donors (Lipinski definition) is 1. The van der Waals surface area contributed by atoms with Gasteiger partial charge >= 0.3 is 0 Å². The van der Waals surface area contributed by atoms with Crippen molar-refractivity contribution in [1.82, 2.24) is 10.2 Å². The lowest BCUT2D eigenvalue weighted by Crippen LogP contribution is -2.55. The van der Waals surface area contributed by atoms with E-state index in [1.54, 1.807) is 26.4 Å². The second-order valence-corrected chi connectivity index (χ2v) is 6.17. The predicted molar refractivity (Wildman–Crippen MR) is 85.2 cm³/mol. The Kier molecular flexibility index (Phi) is 5.11. The third kappa shape index (κ3) is 3.49. The third-order valence-corrected chi connectivity index (χ3v) is 4.32. The summed E-state index contributed by atoms with van der Waals surface area (Å²) in [5, 5.41) is 3.42. The van der Waals surface area contributed by atoms with Crippen molar-refractivity contribution >= 4 is 21.8 Å². The van der Waals surface area contributed by atoms with Crippen LogP contribution in [0.15, 0.2) is 16.6 Å². The van der Waals surface area contributed by atoms with E-state index in [0.29, 0.717) is 34.6 Å². The van der Waals surface area contributed by atoms with Crippen LogP contribution >= 0.6 is 15.9 Å². The SMILES string of the molecule is COc1cc(C(=O)N2C[C@H](C)N[C@@H](C)C2)cc(OC)c1Br. The summed E-state index contributed by atoms with van der Waals surface area (Å²) >= 11 is 3.42. The van der Waals surface area contributed by atoms with Gasteiger partial charge in [0.2, 0.25) is 0 Å². The number of amides is 1. The Bertz CT molecular complexity index is 501. The molecule has 0 saturated carbocycles.